The van der Waals surface area contributed by atoms with Crippen LogP contribution in [0.15, 0.2) is 0 Å². The van der Waals surface area contributed by atoms with E-state index in [-0.39, 0.29) is 11.9 Å². The molecule has 0 aliphatic carbocycles. The maximum absolute atomic E-state index is 12.2. The predicted octanol–water partition coefficient (Wildman–Crippen LogP) is 1.55. The van der Waals surface area contributed by atoms with Crippen LogP contribution in [0, 0.1) is 0 Å². The molecule has 2 unspecified atom stereocenters. The van der Waals surface area contributed by atoms with Gasteiger partial charge in [0, 0.05) is 26.2 Å². The van der Waals surface area contributed by atoms with Crippen molar-refractivity contribution < 1.29 is 9.53 Å². The van der Waals surface area contributed by atoms with Crippen molar-refractivity contribution in [2.75, 3.05) is 26.2 Å². The van der Waals surface area contributed by atoms with Gasteiger partial charge in [-0.05, 0) is 45.4 Å². The zero-order chi connectivity index (χ0) is 12.8. The Morgan fingerprint density at radius 2 is 2.06 bits per heavy atom. The average Bonchev–Trinajstić information content (AvgIpc) is 2.46. The first-order valence-corrected chi connectivity index (χ1v) is 7.41. The molecule has 104 valence electrons. The number of carbonyl (C=O) groups is 1. The Labute approximate surface area is 110 Å². The summed E-state index contributed by atoms with van der Waals surface area (Å²) in [5.74, 6) is 0.255. The zero-order valence-electron chi connectivity index (χ0n) is 11.5. The predicted molar refractivity (Wildman–Crippen MR) is 71.5 cm³/mol. The first-order valence-electron chi connectivity index (χ1n) is 7.41. The number of likely N-dealkylation sites (tertiary alicyclic amines) is 1. The molecule has 2 rings (SSSR count). The van der Waals surface area contributed by atoms with E-state index in [1.165, 1.54) is 19.3 Å². The molecule has 0 radical (unpaired) electrons. The van der Waals surface area contributed by atoms with Crippen LogP contribution in [-0.2, 0) is 9.53 Å². The summed E-state index contributed by atoms with van der Waals surface area (Å²) in [5.41, 5.74) is 0. The van der Waals surface area contributed by atoms with Gasteiger partial charge in [-0.3, -0.25) is 4.79 Å². The highest BCUT2D eigenvalue weighted by Crippen LogP contribution is 2.13. The average molecular weight is 254 g/mol. The summed E-state index contributed by atoms with van der Waals surface area (Å²) in [6.45, 7) is 5.52. The first kappa shape index (κ1) is 13.8. The van der Waals surface area contributed by atoms with Crippen LogP contribution < -0.4 is 5.32 Å². The Hall–Kier alpha value is -0.610. The van der Waals surface area contributed by atoms with E-state index in [0.29, 0.717) is 6.10 Å². The molecule has 18 heavy (non-hydrogen) atoms. The molecule has 2 aliphatic heterocycles. The van der Waals surface area contributed by atoms with Crippen molar-refractivity contribution >= 4 is 5.91 Å². The Morgan fingerprint density at radius 1 is 1.28 bits per heavy atom. The van der Waals surface area contributed by atoms with Gasteiger partial charge in [-0.25, -0.2) is 0 Å². The van der Waals surface area contributed by atoms with Crippen molar-refractivity contribution in [3.05, 3.63) is 0 Å². The third-order valence-electron chi connectivity index (χ3n) is 3.96. The fraction of sp³-hybridized carbons (Fsp3) is 0.929. The van der Waals surface area contributed by atoms with Gasteiger partial charge in [0.2, 0.25) is 5.91 Å². The van der Waals surface area contributed by atoms with E-state index in [1.54, 1.807) is 0 Å². The van der Waals surface area contributed by atoms with Crippen LogP contribution in [0.4, 0.5) is 0 Å². The summed E-state index contributed by atoms with van der Waals surface area (Å²) in [6.07, 6.45) is 7.43. The Balaban J connectivity index is 1.69. The number of amides is 1. The third-order valence-corrected chi connectivity index (χ3v) is 3.96. The van der Waals surface area contributed by atoms with Crippen molar-refractivity contribution in [1.29, 1.82) is 0 Å². The number of nitrogens with one attached hydrogen (secondary N) is 1. The molecule has 0 aromatic carbocycles. The Kier molecular flexibility index (Phi) is 5.45. The Morgan fingerprint density at radius 3 is 2.72 bits per heavy atom. The van der Waals surface area contributed by atoms with Gasteiger partial charge in [0.05, 0.1) is 12.1 Å². The summed E-state index contributed by atoms with van der Waals surface area (Å²) >= 11 is 0. The molecule has 0 bridgehead atoms. The van der Waals surface area contributed by atoms with Crippen molar-refractivity contribution in [2.24, 2.45) is 0 Å². The van der Waals surface area contributed by atoms with Gasteiger partial charge in [0.1, 0.15) is 0 Å². The minimum atomic E-state index is -0.0753. The molecular weight excluding hydrogens is 228 g/mol. The number of hydrogen-bond donors (Lipinski definition) is 1. The molecule has 0 saturated carbocycles. The molecule has 1 amide bonds. The molecule has 1 N–H and O–H groups in total. The lowest BCUT2D eigenvalue weighted by Gasteiger charge is -2.30. The largest absolute Gasteiger partial charge is 0.377 e. The zero-order valence-corrected chi connectivity index (χ0v) is 11.5. The number of carbonyl (C=O) groups excluding carboxylic acids is 1. The lowest BCUT2D eigenvalue weighted by Crippen LogP contribution is -2.48. The van der Waals surface area contributed by atoms with Gasteiger partial charge in [0.25, 0.3) is 0 Å². The second-order valence-electron chi connectivity index (χ2n) is 5.50. The molecule has 4 nitrogen and oxygen atoms in total. The highest BCUT2D eigenvalue weighted by molar-refractivity contribution is 5.81. The van der Waals surface area contributed by atoms with Crippen molar-refractivity contribution in [3.63, 3.8) is 0 Å². The van der Waals surface area contributed by atoms with Crippen LogP contribution >= 0.6 is 0 Å². The van der Waals surface area contributed by atoms with Gasteiger partial charge in [0.15, 0.2) is 0 Å². The molecule has 2 heterocycles. The summed E-state index contributed by atoms with van der Waals surface area (Å²) in [7, 11) is 0. The molecule has 2 saturated heterocycles. The van der Waals surface area contributed by atoms with Crippen LogP contribution in [-0.4, -0.2) is 49.2 Å². The van der Waals surface area contributed by atoms with Crippen LogP contribution in [0.3, 0.4) is 0 Å². The summed E-state index contributed by atoms with van der Waals surface area (Å²) in [5, 5.41) is 3.33. The molecule has 2 fully saturated rings. The van der Waals surface area contributed by atoms with Crippen LogP contribution in [0.2, 0.25) is 0 Å². The number of hydrogen-bond acceptors (Lipinski definition) is 3. The van der Waals surface area contributed by atoms with E-state index < -0.39 is 0 Å². The topological polar surface area (TPSA) is 41.6 Å². The van der Waals surface area contributed by atoms with Crippen LogP contribution in [0.25, 0.3) is 0 Å². The monoisotopic (exact) mass is 254 g/mol. The van der Waals surface area contributed by atoms with Gasteiger partial charge in [-0.15, -0.1) is 0 Å². The maximum Gasteiger partial charge on any atom is 0.239 e. The third kappa shape index (κ3) is 3.95. The molecular formula is C14H26N2O2. The quantitative estimate of drug-likeness (QED) is 0.827. The lowest BCUT2D eigenvalue weighted by atomic mass is 10.1. The fourth-order valence-corrected chi connectivity index (χ4v) is 2.75. The van der Waals surface area contributed by atoms with Crippen LogP contribution in [0.5, 0.6) is 0 Å². The molecule has 0 aromatic rings. The molecule has 2 aliphatic rings. The number of rotatable bonds is 4. The lowest BCUT2D eigenvalue weighted by molar-refractivity contribution is -0.134. The van der Waals surface area contributed by atoms with Crippen molar-refractivity contribution in [3.8, 4) is 0 Å². The first-order chi connectivity index (χ1) is 8.77. The minimum Gasteiger partial charge on any atom is -0.377 e. The van der Waals surface area contributed by atoms with Crippen molar-refractivity contribution in [1.82, 2.24) is 10.2 Å². The number of ether oxygens (including phenoxy) is 1. The normalized spacial score (nSPS) is 26.9. The summed E-state index contributed by atoms with van der Waals surface area (Å²) in [6, 6.07) is -0.0753. The smallest absolute Gasteiger partial charge is 0.239 e. The number of nitrogens with zero attached hydrogens (tertiary/aromatic N) is 1. The van der Waals surface area contributed by atoms with E-state index in [0.717, 1.165) is 45.5 Å². The highest BCUT2D eigenvalue weighted by atomic mass is 16.5. The molecule has 0 spiro atoms. The van der Waals surface area contributed by atoms with Crippen molar-refractivity contribution in [2.45, 2.75) is 57.6 Å². The second kappa shape index (κ2) is 7.10. The SMILES string of the molecule is CC(NCC1CCCCO1)C(=O)N1CCCCC1. The van der Waals surface area contributed by atoms with E-state index in [2.05, 4.69) is 5.32 Å². The molecule has 4 heteroatoms. The highest BCUT2D eigenvalue weighted by Gasteiger charge is 2.23. The van der Waals surface area contributed by atoms with Crippen LogP contribution in [0.1, 0.15) is 45.4 Å². The van der Waals surface area contributed by atoms with E-state index >= 15 is 0 Å². The van der Waals surface area contributed by atoms with Gasteiger partial charge < -0.3 is 15.0 Å². The molecule has 0 aromatic heterocycles. The minimum absolute atomic E-state index is 0.0753. The van der Waals surface area contributed by atoms with E-state index in [1.807, 2.05) is 11.8 Å². The van der Waals surface area contributed by atoms with Gasteiger partial charge in [-0.1, -0.05) is 0 Å². The maximum atomic E-state index is 12.2. The fourth-order valence-electron chi connectivity index (χ4n) is 2.75. The standard InChI is InChI=1S/C14H26N2O2/c1-12(14(17)16-8-4-2-5-9-16)15-11-13-7-3-6-10-18-13/h12-13,15H,2-11H2,1H3. The summed E-state index contributed by atoms with van der Waals surface area (Å²) in [4.78, 5) is 14.2. The van der Waals surface area contributed by atoms with E-state index in [9.17, 15) is 4.79 Å². The number of piperidine rings is 1. The van der Waals surface area contributed by atoms with E-state index in [4.69, 9.17) is 4.74 Å². The molecule has 2 atom stereocenters. The summed E-state index contributed by atoms with van der Waals surface area (Å²) < 4.78 is 5.67. The van der Waals surface area contributed by atoms with Gasteiger partial charge in [-0.2, -0.15) is 0 Å². The second-order valence-corrected chi connectivity index (χ2v) is 5.50. The Bertz CT molecular complexity index is 259. The van der Waals surface area contributed by atoms with Gasteiger partial charge >= 0.3 is 0 Å².